The molecular weight excluding hydrogens is 615 g/mol. The molecule has 0 aliphatic heterocycles. The molecule has 0 bridgehead atoms. The molecule has 0 unspecified atom stereocenters. The van der Waals surface area contributed by atoms with E-state index in [1.165, 1.54) is 22.8 Å². The summed E-state index contributed by atoms with van der Waals surface area (Å²) in [6.45, 7) is 15.3. The summed E-state index contributed by atoms with van der Waals surface area (Å²) >= 11 is 6.60. The lowest BCUT2D eigenvalue weighted by Gasteiger charge is -2.38. The quantitative estimate of drug-likeness (QED) is 0.137. The summed E-state index contributed by atoms with van der Waals surface area (Å²) in [5, 5.41) is 4.16. The summed E-state index contributed by atoms with van der Waals surface area (Å²) in [5.74, 6) is 3.33. The minimum Gasteiger partial charge on any atom is -0.373 e. The number of nitrogens with one attached hydrogen (secondary N) is 1. The van der Waals surface area contributed by atoms with Gasteiger partial charge >= 0.3 is 0 Å². The monoisotopic (exact) mass is 660 g/mol. The molecule has 7 nitrogen and oxygen atoms in total. The van der Waals surface area contributed by atoms with Crippen molar-refractivity contribution >= 4 is 48.0 Å². The van der Waals surface area contributed by atoms with Gasteiger partial charge in [-0.2, -0.15) is 4.98 Å². The third kappa shape index (κ3) is 7.15. The second-order valence-electron chi connectivity index (χ2n) is 13.2. The first-order valence-corrected chi connectivity index (χ1v) is 18.4. The molecule has 0 saturated carbocycles. The molecule has 2 aromatic carbocycles. The number of nitrogens with zero attached hydrogens (tertiary/aromatic N) is 5. The molecule has 0 radical (unpaired) electrons. The Morgan fingerprint density at radius 2 is 1.61 bits per heavy atom. The number of hydrogen-bond donors (Lipinski definition) is 1. The molecular formula is C36H46ClFN6OSi. The molecule has 4 aromatic rings. The first-order valence-electron chi connectivity index (χ1n) is 15.8. The number of anilines is 3. The van der Waals surface area contributed by atoms with Crippen LogP contribution < -0.4 is 15.8 Å². The van der Waals surface area contributed by atoms with Crippen molar-refractivity contribution in [2.45, 2.75) is 58.2 Å². The van der Waals surface area contributed by atoms with E-state index in [0.717, 1.165) is 24.5 Å². The topological polar surface area (TPSA) is 66.3 Å². The van der Waals surface area contributed by atoms with Gasteiger partial charge in [0, 0.05) is 60.9 Å². The van der Waals surface area contributed by atoms with Gasteiger partial charge in [0.1, 0.15) is 19.5 Å². The van der Waals surface area contributed by atoms with Gasteiger partial charge in [-0.1, -0.05) is 59.1 Å². The van der Waals surface area contributed by atoms with E-state index in [2.05, 4.69) is 94.3 Å². The number of aromatic nitrogens is 3. The number of fused-ring (bicyclic) bond motifs is 1. The van der Waals surface area contributed by atoms with Crippen molar-refractivity contribution in [2.75, 3.05) is 44.4 Å². The Hall–Kier alpha value is -3.71. The fourth-order valence-electron chi connectivity index (χ4n) is 6.45. The lowest BCUT2D eigenvalue weighted by atomic mass is 9.99. The van der Waals surface area contributed by atoms with Crippen molar-refractivity contribution in [3.05, 3.63) is 75.4 Å². The summed E-state index contributed by atoms with van der Waals surface area (Å²) in [7, 11) is 5.65. The van der Waals surface area contributed by atoms with Gasteiger partial charge in [-0.05, 0) is 73.2 Å². The third-order valence-electron chi connectivity index (χ3n) is 9.04. The molecule has 2 aromatic heterocycles. The Bertz CT molecular complexity index is 1800. The molecule has 2 heterocycles. The van der Waals surface area contributed by atoms with Crippen LogP contribution in [-0.2, 0) is 7.05 Å². The number of pyridine rings is 1. The molecule has 0 aliphatic carbocycles. The van der Waals surface area contributed by atoms with Crippen molar-refractivity contribution in [3.63, 3.8) is 0 Å². The number of likely N-dealkylation sites (N-methyl/N-ethyl adjacent to an activating group) is 2. The molecule has 46 heavy (non-hydrogen) atoms. The molecule has 0 spiro atoms. The van der Waals surface area contributed by atoms with E-state index in [-0.39, 0.29) is 16.1 Å². The fourth-order valence-corrected chi connectivity index (χ4v) is 11.9. The van der Waals surface area contributed by atoms with Crippen molar-refractivity contribution in [1.29, 1.82) is 0 Å². The van der Waals surface area contributed by atoms with Gasteiger partial charge in [0.15, 0.2) is 0 Å². The van der Waals surface area contributed by atoms with Gasteiger partial charge < -0.3 is 15.1 Å². The van der Waals surface area contributed by atoms with E-state index in [9.17, 15) is 9.18 Å². The maximum absolute atomic E-state index is 14.6. The van der Waals surface area contributed by atoms with E-state index in [0.29, 0.717) is 44.7 Å². The van der Waals surface area contributed by atoms with Gasteiger partial charge in [0.25, 0.3) is 5.56 Å². The van der Waals surface area contributed by atoms with Crippen LogP contribution in [0.5, 0.6) is 0 Å². The lowest BCUT2D eigenvalue weighted by molar-refractivity contribution is 0.416. The highest BCUT2D eigenvalue weighted by Gasteiger charge is 2.41. The number of benzene rings is 2. The van der Waals surface area contributed by atoms with E-state index in [4.69, 9.17) is 16.6 Å². The molecule has 0 saturated heterocycles. The van der Waals surface area contributed by atoms with Gasteiger partial charge in [-0.15, -0.1) is 5.54 Å². The zero-order valence-electron chi connectivity index (χ0n) is 28.7. The van der Waals surface area contributed by atoms with Gasteiger partial charge in [-0.25, -0.2) is 9.37 Å². The highest BCUT2D eigenvalue weighted by Crippen LogP contribution is 2.41. The summed E-state index contributed by atoms with van der Waals surface area (Å²) < 4.78 is 16.0. The van der Waals surface area contributed by atoms with Crippen LogP contribution in [0.1, 0.15) is 47.1 Å². The lowest BCUT2D eigenvalue weighted by Crippen LogP contribution is -2.43. The van der Waals surface area contributed by atoms with Crippen LogP contribution in [0, 0.1) is 17.3 Å². The second-order valence-corrected chi connectivity index (χ2v) is 19.2. The Morgan fingerprint density at radius 1 is 0.978 bits per heavy atom. The van der Waals surface area contributed by atoms with Crippen LogP contribution in [-0.4, -0.2) is 61.7 Å². The van der Waals surface area contributed by atoms with E-state index < -0.39 is 13.9 Å². The first kappa shape index (κ1) is 35.1. The standard InChI is InChI=1S/C36H46ClFN6OSi/c1-23(2)46(24(3)4,25(5)6)20-17-29-31-22-39-36(40-27-12-14-28(15-13-27)43(9)19-18-42(7)8)41-34(31)44(10)35(45)33(29)30-21-26(38)11-16-32(30)37/h11-16,21-25H,18-19H2,1-10H3,(H,39,40,41). The van der Waals surface area contributed by atoms with Crippen LogP contribution in [0.4, 0.5) is 21.7 Å². The first-order chi connectivity index (χ1) is 21.7. The predicted octanol–water partition coefficient (Wildman–Crippen LogP) is 8.10. The highest BCUT2D eigenvalue weighted by atomic mass is 35.5. The van der Waals surface area contributed by atoms with Crippen molar-refractivity contribution < 1.29 is 4.39 Å². The van der Waals surface area contributed by atoms with Crippen LogP contribution in [0.15, 0.2) is 53.5 Å². The smallest absolute Gasteiger partial charge is 0.261 e. The van der Waals surface area contributed by atoms with Crippen LogP contribution >= 0.6 is 11.6 Å². The van der Waals surface area contributed by atoms with E-state index >= 15 is 0 Å². The third-order valence-corrected chi connectivity index (χ3v) is 15.7. The van der Waals surface area contributed by atoms with Crippen LogP contribution in [0.2, 0.25) is 21.6 Å². The Kier molecular flexibility index (Phi) is 11.0. The number of halogens is 2. The predicted molar refractivity (Wildman–Crippen MR) is 195 cm³/mol. The van der Waals surface area contributed by atoms with Gasteiger partial charge in [0.05, 0.1) is 10.9 Å². The average Bonchev–Trinajstić information content (AvgIpc) is 3.00. The Balaban J connectivity index is 1.88. The number of aryl methyl sites for hydroxylation is 1. The summed E-state index contributed by atoms with van der Waals surface area (Å²) in [4.78, 5) is 27.9. The molecule has 1 N–H and O–H groups in total. The fraction of sp³-hybridized carbons (Fsp3) is 0.417. The van der Waals surface area contributed by atoms with Crippen molar-refractivity contribution in [3.8, 4) is 22.6 Å². The van der Waals surface area contributed by atoms with Crippen molar-refractivity contribution in [2.24, 2.45) is 7.05 Å². The molecule has 0 atom stereocenters. The highest BCUT2D eigenvalue weighted by molar-refractivity contribution is 6.90. The minimum atomic E-state index is -2.20. The second kappa shape index (κ2) is 14.4. The van der Waals surface area contributed by atoms with E-state index in [1.54, 1.807) is 13.2 Å². The molecule has 0 amide bonds. The zero-order chi connectivity index (χ0) is 33.9. The summed E-state index contributed by atoms with van der Waals surface area (Å²) in [6.07, 6.45) is 1.69. The maximum atomic E-state index is 14.6. The zero-order valence-corrected chi connectivity index (χ0v) is 30.4. The van der Waals surface area contributed by atoms with Gasteiger partial charge in [-0.3, -0.25) is 9.36 Å². The normalized spacial score (nSPS) is 11.9. The molecule has 244 valence electrons. The summed E-state index contributed by atoms with van der Waals surface area (Å²) in [6, 6.07) is 12.1. The molecule has 10 heteroatoms. The van der Waals surface area contributed by atoms with Crippen molar-refractivity contribution in [1.82, 2.24) is 19.4 Å². The summed E-state index contributed by atoms with van der Waals surface area (Å²) in [5.41, 5.74) is 7.90. The van der Waals surface area contributed by atoms with Crippen LogP contribution in [0.25, 0.3) is 22.2 Å². The SMILES string of the molecule is CC(C)[Si](C#Cc1c(-c2cc(F)ccc2Cl)c(=O)n(C)c2nc(Nc3ccc(N(C)CCN(C)C)cc3)ncc12)(C(C)C)C(C)C. The molecule has 0 aliphatic rings. The van der Waals surface area contributed by atoms with Gasteiger partial charge in [0.2, 0.25) is 5.95 Å². The van der Waals surface area contributed by atoms with E-state index in [1.807, 2.05) is 24.3 Å². The number of hydrogen-bond acceptors (Lipinski definition) is 6. The Labute approximate surface area is 278 Å². The van der Waals surface area contributed by atoms with Crippen LogP contribution in [0.3, 0.4) is 0 Å². The average molecular weight is 661 g/mol. The largest absolute Gasteiger partial charge is 0.373 e. The molecule has 0 fully saturated rings. The number of rotatable bonds is 10. The Morgan fingerprint density at radius 3 is 2.20 bits per heavy atom. The maximum Gasteiger partial charge on any atom is 0.261 e. The molecule has 4 rings (SSSR count). The minimum absolute atomic E-state index is 0.254.